The number of carbonyl (C=O) groups is 1. The first-order chi connectivity index (χ1) is 10.7. The van der Waals surface area contributed by atoms with Gasteiger partial charge in [-0.15, -0.1) is 23.1 Å². The van der Waals surface area contributed by atoms with E-state index in [0.29, 0.717) is 21.8 Å². The molecule has 0 radical (unpaired) electrons. The number of rotatable bonds is 2. The zero-order chi connectivity index (χ0) is 15.1. The van der Waals surface area contributed by atoms with Crippen molar-refractivity contribution in [3.8, 4) is 22.2 Å². The quantitative estimate of drug-likeness (QED) is 0.752. The van der Waals surface area contributed by atoms with Crippen LogP contribution < -0.4 is 5.32 Å². The summed E-state index contributed by atoms with van der Waals surface area (Å²) in [7, 11) is 0. The van der Waals surface area contributed by atoms with Gasteiger partial charge in [0.2, 0.25) is 11.7 Å². The van der Waals surface area contributed by atoms with E-state index in [9.17, 15) is 4.79 Å². The Kier molecular flexibility index (Phi) is 3.40. The Morgan fingerprint density at radius 3 is 3.00 bits per heavy atom. The van der Waals surface area contributed by atoms with Gasteiger partial charge in [0.1, 0.15) is 0 Å². The van der Waals surface area contributed by atoms with Crippen LogP contribution in [0.3, 0.4) is 0 Å². The first-order valence-electron chi connectivity index (χ1n) is 6.35. The lowest BCUT2D eigenvalue weighted by Crippen LogP contribution is -2.18. The van der Waals surface area contributed by atoms with Crippen molar-refractivity contribution in [3.05, 3.63) is 34.7 Å². The van der Waals surface area contributed by atoms with Crippen LogP contribution in [0.15, 0.2) is 39.8 Å². The Hall–Kier alpha value is -1.83. The molecule has 1 aromatic carbocycles. The van der Waals surface area contributed by atoms with Gasteiger partial charge in [0.25, 0.3) is 5.89 Å². The van der Waals surface area contributed by atoms with Gasteiger partial charge >= 0.3 is 0 Å². The SMILES string of the molecule is O=C1CSc2cc(-c3nc(-c4ccc(Cl)s4)no3)ccc2N1. The zero-order valence-electron chi connectivity index (χ0n) is 11.0. The molecule has 0 saturated carbocycles. The van der Waals surface area contributed by atoms with E-state index in [1.165, 1.54) is 23.1 Å². The van der Waals surface area contributed by atoms with E-state index in [-0.39, 0.29) is 5.91 Å². The fraction of sp³-hybridized carbons (Fsp3) is 0.0714. The number of thioether (sulfide) groups is 1. The fourth-order valence-electron chi connectivity index (χ4n) is 2.08. The van der Waals surface area contributed by atoms with Crippen LogP contribution in [0.25, 0.3) is 22.2 Å². The van der Waals surface area contributed by atoms with Gasteiger partial charge in [-0.05, 0) is 30.3 Å². The number of halogens is 1. The number of hydrogen-bond acceptors (Lipinski definition) is 6. The summed E-state index contributed by atoms with van der Waals surface area (Å²) < 4.78 is 6.02. The lowest BCUT2D eigenvalue weighted by molar-refractivity contribution is -0.113. The molecule has 0 bridgehead atoms. The number of nitrogens with one attached hydrogen (secondary N) is 1. The number of hydrogen-bond donors (Lipinski definition) is 1. The fourth-order valence-corrected chi connectivity index (χ4v) is 3.90. The van der Waals surface area contributed by atoms with E-state index in [0.717, 1.165) is 21.0 Å². The summed E-state index contributed by atoms with van der Waals surface area (Å²) in [6.45, 7) is 0. The second kappa shape index (κ2) is 5.42. The van der Waals surface area contributed by atoms with Crippen LogP contribution in [0.2, 0.25) is 4.34 Å². The van der Waals surface area contributed by atoms with Gasteiger partial charge in [0.15, 0.2) is 0 Å². The van der Waals surface area contributed by atoms with Crippen molar-refractivity contribution in [2.45, 2.75) is 4.90 Å². The molecule has 3 heterocycles. The van der Waals surface area contributed by atoms with Crippen molar-refractivity contribution < 1.29 is 9.32 Å². The minimum Gasteiger partial charge on any atom is -0.334 e. The molecule has 110 valence electrons. The number of benzene rings is 1. The average molecular weight is 350 g/mol. The largest absolute Gasteiger partial charge is 0.334 e. The number of thiophene rings is 1. The summed E-state index contributed by atoms with van der Waals surface area (Å²) in [4.78, 5) is 17.6. The molecule has 4 rings (SSSR count). The van der Waals surface area contributed by atoms with E-state index in [4.69, 9.17) is 16.1 Å². The van der Waals surface area contributed by atoms with Gasteiger partial charge in [-0.3, -0.25) is 4.79 Å². The topological polar surface area (TPSA) is 68.0 Å². The van der Waals surface area contributed by atoms with E-state index in [1.807, 2.05) is 24.3 Å². The van der Waals surface area contributed by atoms with Crippen LogP contribution in [0.4, 0.5) is 5.69 Å². The maximum Gasteiger partial charge on any atom is 0.258 e. The van der Waals surface area contributed by atoms with E-state index in [2.05, 4.69) is 15.5 Å². The maximum atomic E-state index is 11.4. The molecular weight excluding hydrogens is 342 g/mol. The highest BCUT2D eigenvalue weighted by atomic mass is 35.5. The molecule has 1 amide bonds. The summed E-state index contributed by atoms with van der Waals surface area (Å²) in [5.74, 6) is 1.39. The molecule has 0 saturated heterocycles. The monoisotopic (exact) mass is 349 g/mol. The molecule has 0 fully saturated rings. The third-order valence-electron chi connectivity index (χ3n) is 3.08. The average Bonchev–Trinajstić information content (AvgIpc) is 3.15. The van der Waals surface area contributed by atoms with Crippen LogP contribution in [-0.2, 0) is 4.79 Å². The molecule has 2 aromatic heterocycles. The number of nitrogens with zero attached hydrogens (tertiary/aromatic N) is 2. The molecule has 8 heteroatoms. The van der Waals surface area contributed by atoms with Crippen molar-refractivity contribution >= 4 is 46.3 Å². The molecule has 1 aliphatic heterocycles. The molecular formula is C14H8ClN3O2S2. The number of aromatic nitrogens is 2. The van der Waals surface area contributed by atoms with Gasteiger partial charge in [-0.2, -0.15) is 4.98 Å². The molecule has 1 aliphatic rings. The van der Waals surface area contributed by atoms with Crippen molar-refractivity contribution in [3.63, 3.8) is 0 Å². The standard InChI is InChI=1S/C14H8ClN3O2S2/c15-11-4-3-9(22-11)13-17-14(20-18-13)7-1-2-8-10(5-7)21-6-12(19)16-8/h1-5H,6H2,(H,16,19). The van der Waals surface area contributed by atoms with Gasteiger partial charge in [-0.1, -0.05) is 16.8 Å². The lowest BCUT2D eigenvalue weighted by atomic mass is 10.2. The van der Waals surface area contributed by atoms with Crippen LogP contribution in [0, 0.1) is 0 Å². The van der Waals surface area contributed by atoms with Gasteiger partial charge in [-0.25, -0.2) is 0 Å². The molecule has 0 unspecified atom stereocenters. The predicted molar refractivity (Wildman–Crippen MR) is 87.4 cm³/mol. The van der Waals surface area contributed by atoms with Crippen molar-refractivity contribution in [2.75, 3.05) is 11.1 Å². The van der Waals surface area contributed by atoms with Crippen LogP contribution >= 0.6 is 34.7 Å². The van der Waals surface area contributed by atoms with Crippen molar-refractivity contribution in [2.24, 2.45) is 0 Å². The Labute approximate surface area is 138 Å². The van der Waals surface area contributed by atoms with Gasteiger partial charge in [0, 0.05) is 10.5 Å². The molecule has 22 heavy (non-hydrogen) atoms. The Balaban J connectivity index is 1.68. The first kappa shape index (κ1) is 13.8. The number of anilines is 1. The molecule has 0 atom stereocenters. The Morgan fingerprint density at radius 2 is 2.18 bits per heavy atom. The summed E-state index contributed by atoms with van der Waals surface area (Å²) >= 11 is 8.82. The molecule has 1 N–H and O–H groups in total. The summed E-state index contributed by atoms with van der Waals surface area (Å²) in [5, 5.41) is 6.82. The van der Waals surface area contributed by atoms with Crippen molar-refractivity contribution in [1.29, 1.82) is 0 Å². The number of amides is 1. The lowest BCUT2D eigenvalue weighted by Gasteiger charge is -2.16. The minimum atomic E-state index is 0.0138. The second-order valence-electron chi connectivity index (χ2n) is 4.57. The highest BCUT2D eigenvalue weighted by Crippen LogP contribution is 2.35. The van der Waals surface area contributed by atoms with Crippen molar-refractivity contribution in [1.82, 2.24) is 10.1 Å². The Bertz CT molecular complexity index is 875. The highest BCUT2D eigenvalue weighted by Gasteiger charge is 2.18. The normalized spacial score (nSPS) is 13.8. The van der Waals surface area contributed by atoms with Crippen LogP contribution in [-0.4, -0.2) is 21.8 Å². The second-order valence-corrected chi connectivity index (χ2v) is 7.31. The predicted octanol–water partition coefficient (Wildman–Crippen LogP) is 4.16. The minimum absolute atomic E-state index is 0.0138. The highest BCUT2D eigenvalue weighted by molar-refractivity contribution is 8.00. The van der Waals surface area contributed by atoms with E-state index < -0.39 is 0 Å². The molecule has 0 aliphatic carbocycles. The maximum absolute atomic E-state index is 11.4. The summed E-state index contributed by atoms with van der Waals surface area (Å²) in [5.41, 5.74) is 1.64. The van der Waals surface area contributed by atoms with E-state index in [1.54, 1.807) is 6.07 Å². The molecule has 5 nitrogen and oxygen atoms in total. The zero-order valence-corrected chi connectivity index (χ0v) is 13.4. The number of carbonyl (C=O) groups excluding carboxylic acids is 1. The third kappa shape index (κ3) is 2.51. The smallest absolute Gasteiger partial charge is 0.258 e. The summed E-state index contributed by atoms with van der Waals surface area (Å²) in [6.07, 6.45) is 0. The third-order valence-corrected chi connectivity index (χ3v) is 5.36. The van der Waals surface area contributed by atoms with Crippen LogP contribution in [0.5, 0.6) is 0 Å². The van der Waals surface area contributed by atoms with E-state index >= 15 is 0 Å². The van der Waals surface area contributed by atoms with Gasteiger partial charge < -0.3 is 9.84 Å². The summed E-state index contributed by atoms with van der Waals surface area (Å²) in [6, 6.07) is 9.30. The van der Waals surface area contributed by atoms with Crippen LogP contribution in [0.1, 0.15) is 0 Å². The molecule has 3 aromatic rings. The molecule has 0 spiro atoms. The number of fused-ring (bicyclic) bond motifs is 1. The first-order valence-corrected chi connectivity index (χ1v) is 8.53. The Morgan fingerprint density at radius 1 is 1.27 bits per heavy atom. The van der Waals surface area contributed by atoms with Gasteiger partial charge in [0.05, 0.1) is 20.7 Å².